The maximum atomic E-state index is 11.8. The molecule has 24 heavy (non-hydrogen) atoms. The molecule has 0 saturated carbocycles. The highest BCUT2D eigenvalue weighted by Crippen LogP contribution is 2.27. The van der Waals surface area contributed by atoms with Crippen LogP contribution in [-0.4, -0.2) is 20.5 Å². The van der Waals surface area contributed by atoms with Gasteiger partial charge in [0.25, 0.3) is 5.91 Å². The first kappa shape index (κ1) is 14.1. The molecule has 0 saturated heterocycles. The zero-order chi connectivity index (χ0) is 16.5. The number of nitrogens with one attached hydrogen (secondary N) is 1. The number of aromatic amines is 1. The van der Waals surface area contributed by atoms with Gasteiger partial charge in [-0.3, -0.25) is 4.79 Å². The van der Waals surface area contributed by atoms with Crippen LogP contribution in [0.1, 0.15) is 10.5 Å². The number of nitrogens with two attached hydrogens (primary N) is 1. The van der Waals surface area contributed by atoms with E-state index in [1.165, 1.54) is 4.52 Å². The fourth-order valence-electron chi connectivity index (χ4n) is 2.62. The van der Waals surface area contributed by atoms with Crippen LogP contribution in [-0.2, 0) is 0 Å². The summed E-state index contributed by atoms with van der Waals surface area (Å²) in [6.07, 6.45) is 1.61. The number of amides is 1. The van der Waals surface area contributed by atoms with E-state index in [0.717, 1.165) is 11.3 Å². The number of carbonyl (C=O) groups is 1. The molecular weight excluding hydrogens is 304 g/mol. The number of primary amides is 1. The number of aromatic nitrogens is 3. The van der Waals surface area contributed by atoms with Crippen molar-refractivity contribution < 1.29 is 9.53 Å². The molecule has 1 amide bonds. The number of imidazole rings is 1. The van der Waals surface area contributed by atoms with Crippen LogP contribution in [0.2, 0.25) is 0 Å². The number of fused-ring (bicyclic) bond motifs is 1. The molecule has 2 aromatic heterocycles. The minimum Gasteiger partial charge on any atom is -0.457 e. The molecule has 0 fully saturated rings. The predicted molar refractivity (Wildman–Crippen MR) is 90.0 cm³/mol. The molecule has 6 heteroatoms. The summed E-state index contributed by atoms with van der Waals surface area (Å²) in [5, 5.41) is 4.12. The molecule has 0 atom stereocenters. The molecule has 6 nitrogen and oxygen atoms in total. The zero-order valence-electron chi connectivity index (χ0n) is 12.6. The maximum absolute atomic E-state index is 11.8. The van der Waals surface area contributed by atoms with E-state index in [2.05, 4.69) is 10.1 Å². The SMILES string of the molecule is NC(=O)c1c(-c2ccc(Oc3ccccc3)cc2)[nH]c2ccnn12. The first-order chi connectivity index (χ1) is 11.7. The average Bonchev–Trinajstić information content (AvgIpc) is 3.17. The van der Waals surface area contributed by atoms with Gasteiger partial charge in [-0.1, -0.05) is 18.2 Å². The van der Waals surface area contributed by atoms with Gasteiger partial charge in [0.2, 0.25) is 0 Å². The second-order valence-electron chi connectivity index (χ2n) is 5.28. The molecule has 0 radical (unpaired) electrons. The quantitative estimate of drug-likeness (QED) is 0.606. The summed E-state index contributed by atoms with van der Waals surface area (Å²) in [7, 11) is 0. The van der Waals surface area contributed by atoms with E-state index in [-0.39, 0.29) is 0 Å². The molecule has 0 spiro atoms. The van der Waals surface area contributed by atoms with Gasteiger partial charge in [0, 0.05) is 11.6 Å². The van der Waals surface area contributed by atoms with Crippen LogP contribution in [0, 0.1) is 0 Å². The monoisotopic (exact) mass is 318 g/mol. The van der Waals surface area contributed by atoms with Gasteiger partial charge >= 0.3 is 0 Å². The summed E-state index contributed by atoms with van der Waals surface area (Å²) in [6, 6.07) is 18.7. The summed E-state index contributed by atoms with van der Waals surface area (Å²) < 4.78 is 7.28. The number of nitrogens with zero attached hydrogens (tertiary/aromatic N) is 2. The van der Waals surface area contributed by atoms with Gasteiger partial charge in [-0.2, -0.15) is 5.10 Å². The average molecular weight is 318 g/mol. The van der Waals surface area contributed by atoms with Crippen molar-refractivity contribution in [1.82, 2.24) is 14.6 Å². The molecule has 0 unspecified atom stereocenters. The molecular formula is C18H14N4O2. The van der Waals surface area contributed by atoms with Crippen molar-refractivity contribution in [1.29, 1.82) is 0 Å². The lowest BCUT2D eigenvalue weighted by molar-refractivity contribution is 0.0994. The van der Waals surface area contributed by atoms with Gasteiger partial charge in [0.05, 0.1) is 11.9 Å². The van der Waals surface area contributed by atoms with Crippen LogP contribution in [0.5, 0.6) is 11.5 Å². The standard InChI is InChI=1S/C18H14N4O2/c19-18(23)17-16(21-15-10-11-20-22(15)17)12-6-8-14(9-7-12)24-13-4-2-1-3-5-13/h1-11,21H,(H2,19,23). The van der Waals surface area contributed by atoms with Crippen molar-refractivity contribution in [2.45, 2.75) is 0 Å². The summed E-state index contributed by atoms with van der Waals surface area (Å²) in [4.78, 5) is 15.0. The Kier molecular flexibility index (Phi) is 3.28. The molecule has 4 rings (SSSR count). The number of H-pyrrole nitrogens is 1. The third-order valence-corrected chi connectivity index (χ3v) is 3.70. The van der Waals surface area contributed by atoms with Crippen molar-refractivity contribution in [3.8, 4) is 22.8 Å². The van der Waals surface area contributed by atoms with Crippen LogP contribution < -0.4 is 10.5 Å². The van der Waals surface area contributed by atoms with Gasteiger partial charge in [-0.05, 0) is 36.4 Å². The summed E-state index contributed by atoms with van der Waals surface area (Å²) in [5.41, 5.74) is 8.01. The van der Waals surface area contributed by atoms with Crippen LogP contribution in [0.25, 0.3) is 16.9 Å². The van der Waals surface area contributed by atoms with Crippen LogP contribution in [0.15, 0.2) is 66.9 Å². The van der Waals surface area contributed by atoms with Crippen LogP contribution in [0.3, 0.4) is 0 Å². The summed E-state index contributed by atoms with van der Waals surface area (Å²) in [6.45, 7) is 0. The number of benzene rings is 2. The molecule has 0 aliphatic heterocycles. The van der Waals surface area contributed by atoms with Crippen LogP contribution >= 0.6 is 0 Å². The van der Waals surface area contributed by atoms with Crippen molar-refractivity contribution in [2.75, 3.05) is 0 Å². The van der Waals surface area contributed by atoms with Gasteiger partial charge in [0.15, 0.2) is 5.69 Å². The molecule has 2 aromatic carbocycles. The van der Waals surface area contributed by atoms with E-state index in [0.29, 0.717) is 22.8 Å². The number of ether oxygens (including phenoxy) is 1. The summed E-state index contributed by atoms with van der Waals surface area (Å²) >= 11 is 0. The van der Waals surface area contributed by atoms with E-state index in [4.69, 9.17) is 10.5 Å². The Morgan fingerprint density at radius 1 is 1.00 bits per heavy atom. The second-order valence-corrected chi connectivity index (χ2v) is 5.28. The Hall–Kier alpha value is -3.54. The van der Waals surface area contributed by atoms with E-state index in [1.807, 2.05) is 54.6 Å². The smallest absolute Gasteiger partial charge is 0.269 e. The number of hydrogen-bond donors (Lipinski definition) is 2. The Bertz CT molecular complexity index is 1000. The zero-order valence-corrected chi connectivity index (χ0v) is 12.6. The highest BCUT2D eigenvalue weighted by molar-refractivity contribution is 5.98. The van der Waals surface area contributed by atoms with Crippen molar-refractivity contribution >= 4 is 11.6 Å². The number of carbonyl (C=O) groups excluding carboxylic acids is 1. The predicted octanol–water partition coefficient (Wildman–Crippen LogP) is 3.22. The highest BCUT2D eigenvalue weighted by atomic mass is 16.5. The van der Waals surface area contributed by atoms with E-state index in [1.54, 1.807) is 12.3 Å². The molecule has 0 aliphatic carbocycles. The highest BCUT2D eigenvalue weighted by Gasteiger charge is 2.18. The Balaban J connectivity index is 1.69. The van der Waals surface area contributed by atoms with Gasteiger partial charge in [-0.15, -0.1) is 0 Å². The third-order valence-electron chi connectivity index (χ3n) is 3.70. The Morgan fingerprint density at radius 2 is 1.71 bits per heavy atom. The van der Waals surface area contributed by atoms with Crippen molar-refractivity contribution in [3.05, 3.63) is 72.6 Å². The maximum Gasteiger partial charge on any atom is 0.269 e. The van der Waals surface area contributed by atoms with E-state index in [9.17, 15) is 4.79 Å². The first-order valence-corrected chi connectivity index (χ1v) is 7.41. The molecule has 3 N–H and O–H groups in total. The molecule has 4 aromatic rings. The fraction of sp³-hybridized carbons (Fsp3) is 0. The molecule has 118 valence electrons. The molecule has 2 heterocycles. The van der Waals surface area contributed by atoms with Gasteiger partial charge in [-0.25, -0.2) is 4.52 Å². The van der Waals surface area contributed by atoms with Crippen molar-refractivity contribution in [2.24, 2.45) is 5.73 Å². The second kappa shape index (κ2) is 5.58. The first-order valence-electron chi connectivity index (χ1n) is 7.41. The summed E-state index contributed by atoms with van der Waals surface area (Å²) in [5.74, 6) is 0.938. The minimum atomic E-state index is -0.537. The number of para-hydroxylation sites is 1. The lowest BCUT2D eigenvalue weighted by Gasteiger charge is -2.06. The van der Waals surface area contributed by atoms with Crippen LogP contribution in [0.4, 0.5) is 0 Å². The van der Waals surface area contributed by atoms with E-state index < -0.39 is 5.91 Å². The van der Waals surface area contributed by atoms with Gasteiger partial charge < -0.3 is 15.5 Å². The largest absolute Gasteiger partial charge is 0.457 e. The third kappa shape index (κ3) is 2.40. The number of hydrogen-bond acceptors (Lipinski definition) is 3. The minimum absolute atomic E-state index is 0.326. The number of rotatable bonds is 4. The topological polar surface area (TPSA) is 85.4 Å². The molecule has 0 bridgehead atoms. The van der Waals surface area contributed by atoms with Gasteiger partial charge in [0.1, 0.15) is 17.1 Å². The Labute approximate surface area is 137 Å². The lowest BCUT2D eigenvalue weighted by Crippen LogP contribution is -2.15. The van der Waals surface area contributed by atoms with Crippen molar-refractivity contribution in [3.63, 3.8) is 0 Å². The Morgan fingerprint density at radius 3 is 2.42 bits per heavy atom. The van der Waals surface area contributed by atoms with E-state index >= 15 is 0 Å². The molecule has 0 aliphatic rings. The lowest BCUT2D eigenvalue weighted by atomic mass is 10.1. The fourth-order valence-corrected chi connectivity index (χ4v) is 2.62. The normalized spacial score (nSPS) is 10.8.